The lowest BCUT2D eigenvalue weighted by atomic mass is 10.2. The van der Waals surface area contributed by atoms with Gasteiger partial charge in [0.1, 0.15) is 18.2 Å². The van der Waals surface area contributed by atoms with Crippen LogP contribution in [0.15, 0.2) is 41.6 Å². The molecule has 2 aromatic carbocycles. The molecule has 0 aliphatic rings. The highest BCUT2D eigenvalue weighted by atomic mass is 35.5. The minimum Gasteiger partial charge on any atom is -0.484 e. The molecule has 0 aliphatic heterocycles. The Balaban J connectivity index is 1.68. The fraction of sp³-hybridized carbons (Fsp3) is 0.222. The molecule has 1 aromatic heterocycles. The summed E-state index contributed by atoms with van der Waals surface area (Å²) in [6.45, 7) is 2.90. The van der Waals surface area contributed by atoms with Gasteiger partial charge in [0.05, 0.1) is 5.02 Å². The molecule has 0 saturated heterocycles. The van der Waals surface area contributed by atoms with Crippen molar-refractivity contribution in [1.82, 2.24) is 14.8 Å². The van der Waals surface area contributed by atoms with Crippen molar-refractivity contribution in [2.24, 2.45) is 0 Å². The van der Waals surface area contributed by atoms with Gasteiger partial charge in [-0.3, -0.25) is 0 Å². The van der Waals surface area contributed by atoms with Crippen LogP contribution in [0.25, 0.3) is 0 Å². The lowest BCUT2D eigenvalue weighted by Crippen LogP contribution is -2.07. The molecule has 0 spiro atoms. The molecule has 0 N–H and O–H groups in total. The third kappa shape index (κ3) is 5.08. The van der Waals surface area contributed by atoms with Gasteiger partial charge >= 0.3 is 0 Å². The normalized spacial score (nSPS) is 11.0. The average Bonchev–Trinajstić information content (AvgIpc) is 3.02. The van der Waals surface area contributed by atoms with Crippen LogP contribution < -0.4 is 4.74 Å². The summed E-state index contributed by atoms with van der Waals surface area (Å²) < 4.78 is 20.9. The molecule has 3 aromatic rings. The predicted molar refractivity (Wildman–Crippen MR) is 107 cm³/mol. The second-order valence-electron chi connectivity index (χ2n) is 5.53. The topological polar surface area (TPSA) is 39.9 Å². The highest BCUT2D eigenvalue weighted by Crippen LogP contribution is 2.29. The molecular formula is C18H15Cl3FN3OS. The maximum absolute atomic E-state index is 13.2. The van der Waals surface area contributed by atoms with Crippen LogP contribution in [0.5, 0.6) is 5.75 Å². The van der Waals surface area contributed by atoms with Crippen LogP contribution in [-0.4, -0.2) is 14.8 Å². The van der Waals surface area contributed by atoms with Gasteiger partial charge in [-0.15, -0.1) is 10.2 Å². The molecule has 0 bridgehead atoms. The SMILES string of the molecule is CCn1c(COc2ccc(Cl)cc2Cl)nnc1SCc1ccc(F)cc1Cl. The molecule has 0 amide bonds. The Bertz CT molecular complexity index is 879. The summed E-state index contributed by atoms with van der Waals surface area (Å²) in [4.78, 5) is 0. The van der Waals surface area contributed by atoms with Gasteiger partial charge in [-0.1, -0.05) is 52.6 Å². The van der Waals surface area contributed by atoms with Crippen LogP contribution in [0.2, 0.25) is 15.1 Å². The highest BCUT2D eigenvalue weighted by Gasteiger charge is 2.14. The van der Waals surface area contributed by atoms with Gasteiger partial charge in [0.15, 0.2) is 11.0 Å². The first-order valence-electron chi connectivity index (χ1n) is 8.04. The van der Waals surface area contributed by atoms with E-state index in [1.165, 1.54) is 23.9 Å². The standard InChI is InChI=1S/C18H15Cl3FN3OS/c1-2-25-17(9-26-16-6-4-12(19)7-15(16)21)23-24-18(25)27-10-11-3-5-13(22)8-14(11)20/h3-8H,2,9-10H2,1H3. The minimum atomic E-state index is -0.356. The Kier molecular flexibility index (Phi) is 6.87. The van der Waals surface area contributed by atoms with E-state index < -0.39 is 0 Å². The lowest BCUT2D eigenvalue weighted by Gasteiger charge is -2.10. The predicted octanol–water partition coefficient (Wildman–Crippen LogP) is 6.27. The van der Waals surface area contributed by atoms with E-state index in [-0.39, 0.29) is 12.4 Å². The second-order valence-corrected chi connectivity index (χ2v) is 7.72. The van der Waals surface area contributed by atoms with Gasteiger partial charge in [-0.25, -0.2) is 4.39 Å². The van der Waals surface area contributed by atoms with E-state index in [4.69, 9.17) is 39.5 Å². The van der Waals surface area contributed by atoms with E-state index in [9.17, 15) is 4.39 Å². The number of hydrogen-bond acceptors (Lipinski definition) is 4. The molecule has 0 radical (unpaired) electrons. The zero-order chi connectivity index (χ0) is 19.4. The molecule has 0 unspecified atom stereocenters. The van der Waals surface area contributed by atoms with E-state index in [1.807, 2.05) is 11.5 Å². The zero-order valence-corrected chi connectivity index (χ0v) is 17.3. The first kappa shape index (κ1) is 20.3. The molecule has 0 aliphatic carbocycles. The van der Waals surface area contributed by atoms with Gasteiger partial charge in [-0.05, 0) is 42.8 Å². The maximum atomic E-state index is 13.2. The molecule has 0 saturated carbocycles. The average molecular weight is 447 g/mol. The van der Waals surface area contributed by atoms with Crippen LogP contribution in [0.4, 0.5) is 4.39 Å². The number of thioether (sulfide) groups is 1. The largest absolute Gasteiger partial charge is 0.484 e. The first-order valence-corrected chi connectivity index (χ1v) is 10.2. The summed E-state index contributed by atoms with van der Waals surface area (Å²) >= 11 is 19.6. The van der Waals surface area contributed by atoms with Crippen LogP contribution in [-0.2, 0) is 18.9 Å². The Morgan fingerprint density at radius 3 is 2.59 bits per heavy atom. The molecule has 4 nitrogen and oxygen atoms in total. The third-order valence-electron chi connectivity index (χ3n) is 3.73. The van der Waals surface area contributed by atoms with E-state index in [2.05, 4.69) is 10.2 Å². The van der Waals surface area contributed by atoms with E-state index in [0.29, 0.717) is 38.9 Å². The molecule has 9 heteroatoms. The second kappa shape index (κ2) is 9.15. The molecule has 3 rings (SSSR count). The van der Waals surface area contributed by atoms with E-state index >= 15 is 0 Å². The first-order chi connectivity index (χ1) is 13.0. The monoisotopic (exact) mass is 445 g/mol. The summed E-state index contributed by atoms with van der Waals surface area (Å²) in [5, 5.41) is 10.5. The minimum absolute atomic E-state index is 0.222. The Morgan fingerprint density at radius 2 is 1.89 bits per heavy atom. The fourth-order valence-corrected chi connectivity index (χ4v) is 4.17. The van der Waals surface area contributed by atoms with Gasteiger partial charge in [0.2, 0.25) is 0 Å². The fourth-order valence-electron chi connectivity index (χ4n) is 2.37. The number of ether oxygens (including phenoxy) is 1. The van der Waals surface area contributed by atoms with Crippen LogP contribution in [0, 0.1) is 5.82 Å². The molecular weight excluding hydrogens is 432 g/mol. The number of nitrogens with zero attached hydrogens (tertiary/aromatic N) is 3. The van der Waals surface area contributed by atoms with Gasteiger partial charge in [0.25, 0.3) is 0 Å². The Hall–Kier alpha value is -1.47. The summed E-state index contributed by atoms with van der Waals surface area (Å²) in [6, 6.07) is 9.41. The van der Waals surface area contributed by atoms with Crippen molar-refractivity contribution >= 4 is 46.6 Å². The smallest absolute Gasteiger partial charge is 0.191 e. The summed E-state index contributed by atoms with van der Waals surface area (Å²) in [6.07, 6.45) is 0. The summed E-state index contributed by atoms with van der Waals surface area (Å²) in [7, 11) is 0. The van der Waals surface area contributed by atoms with E-state index in [1.54, 1.807) is 24.3 Å². The van der Waals surface area contributed by atoms with Gasteiger partial charge in [-0.2, -0.15) is 0 Å². The zero-order valence-electron chi connectivity index (χ0n) is 14.3. The van der Waals surface area contributed by atoms with Crippen molar-refractivity contribution in [3.05, 3.63) is 68.7 Å². The molecule has 27 heavy (non-hydrogen) atoms. The lowest BCUT2D eigenvalue weighted by molar-refractivity contribution is 0.288. The Labute approximate surface area is 175 Å². The number of aromatic nitrogens is 3. The van der Waals surface area contributed by atoms with Crippen molar-refractivity contribution in [3.63, 3.8) is 0 Å². The molecule has 0 fully saturated rings. The van der Waals surface area contributed by atoms with Crippen LogP contribution in [0.3, 0.4) is 0 Å². The van der Waals surface area contributed by atoms with Crippen molar-refractivity contribution in [2.75, 3.05) is 0 Å². The number of benzene rings is 2. The van der Waals surface area contributed by atoms with Crippen molar-refractivity contribution in [2.45, 2.75) is 31.0 Å². The van der Waals surface area contributed by atoms with Crippen molar-refractivity contribution < 1.29 is 9.13 Å². The van der Waals surface area contributed by atoms with Gasteiger partial charge in [0, 0.05) is 22.3 Å². The number of halogens is 4. The molecule has 1 heterocycles. The van der Waals surface area contributed by atoms with E-state index in [0.717, 1.165) is 10.7 Å². The third-order valence-corrected chi connectivity index (χ3v) is 5.63. The maximum Gasteiger partial charge on any atom is 0.191 e. The highest BCUT2D eigenvalue weighted by molar-refractivity contribution is 7.98. The summed E-state index contributed by atoms with van der Waals surface area (Å²) in [5.41, 5.74) is 0.833. The number of hydrogen-bond donors (Lipinski definition) is 0. The Morgan fingerprint density at radius 1 is 1.07 bits per heavy atom. The van der Waals surface area contributed by atoms with Crippen molar-refractivity contribution in [3.8, 4) is 5.75 Å². The molecule has 0 atom stereocenters. The summed E-state index contributed by atoms with van der Waals surface area (Å²) in [5.74, 6) is 1.40. The van der Waals surface area contributed by atoms with Crippen LogP contribution >= 0.6 is 46.6 Å². The van der Waals surface area contributed by atoms with Crippen molar-refractivity contribution in [1.29, 1.82) is 0 Å². The number of rotatable bonds is 7. The quantitative estimate of drug-likeness (QED) is 0.401. The van der Waals surface area contributed by atoms with Gasteiger partial charge < -0.3 is 9.30 Å². The molecule has 142 valence electrons. The van der Waals surface area contributed by atoms with Crippen LogP contribution in [0.1, 0.15) is 18.3 Å².